The lowest BCUT2D eigenvalue weighted by molar-refractivity contribution is 0.0730. The van der Waals surface area contributed by atoms with E-state index >= 15 is 0 Å². The molecule has 1 saturated heterocycles. The van der Waals surface area contributed by atoms with E-state index in [4.69, 9.17) is 4.74 Å². The molecule has 0 radical (unpaired) electrons. The molecule has 1 aliphatic heterocycles. The van der Waals surface area contributed by atoms with Gasteiger partial charge in [0.25, 0.3) is 5.91 Å². The number of benzene rings is 1. The summed E-state index contributed by atoms with van der Waals surface area (Å²) in [6.07, 6.45) is 3.09. The van der Waals surface area contributed by atoms with Crippen LogP contribution in [0.4, 0.5) is 0 Å². The Bertz CT molecular complexity index is 817. The monoisotopic (exact) mass is 361 g/mol. The molecule has 0 spiro atoms. The number of rotatable bonds is 5. The van der Waals surface area contributed by atoms with Gasteiger partial charge in [-0.2, -0.15) is 4.31 Å². The highest BCUT2D eigenvalue weighted by Crippen LogP contribution is 2.17. The Morgan fingerprint density at radius 3 is 2.52 bits per heavy atom. The van der Waals surface area contributed by atoms with Gasteiger partial charge in [0.15, 0.2) is 0 Å². The first-order chi connectivity index (χ1) is 12.1. The average Bonchev–Trinajstić information content (AvgIpc) is 2.68. The van der Waals surface area contributed by atoms with Crippen molar-refractivity contribution >= 4 is 15.9 Å². The maximum Gasteiger partial charge on any atom is 0.253 e. The van der Waals surface area contributed by atoms with Crippen molar-refractivity contribution in [3.05, 3.63) is 59.9 Å². The number of nitrogens with zero attached hydrogens (tertiary/aromatic N) is 2. The molecule has 0 aliphatic carbocycles. The van der Waals surface area contributed by atoms with Crippen molar-refractivity contribution in [1.29, 1.82) is 0 Å². The molecular weight excluding hydrogens is 342 g/mol. The zero-order chi connectivity index (χ0) is 17.7. The quantitative estimate of drug-likeness (QED) is 0.859. The minimum atomic E-state index is -3.50. The predicted octanol–water partition coefficient (Wildman–Crippen LogP) is 1.03. The van der Waals surface area contributed by atoms with Gasteiger partial charge in [-0.15, -0.1) is 0 Å². The highest BCUT2D eigenvalue weighted by Gasteiger charge is 2.26. The zero-order valence-electron chi connectivity index (χ0n) is 13.6. The third kappa shape index (κ3) is 4.22. The summed E-state index contributed by atoms with van der Waals surface area (Å²) in [6, 6.07) is 9.92. The fourth-order valence-corrected chi connectivity index (χ4v) is 3.90. The van der Waals surface area contributed by atoms with Crippen LogP contribution in [-0.2, 0) is 21.3 Å². The summed E-state index contributed by atoms with van der Waals surface area (Å²) in [6.45, 7) is 1.87. The van der Waals surface area contributed by atoms with Crippen LogP contribution in [0.3, 0.4) is 0 Å². The van der Waals surface area contributed by atoms with Crippen molar-refractivity contribution in [3.63, 3.8) is 0 Å². The van der Waals surface area contributed by atoms with Crippen molar-refractivity contribution in [3.8, 4) is 0 Å². The third-order valence-corrected chi connectivity index (χ3v) is 5.82. The van der Waals surface area contributed by atoms with Crippen molar-refractivity contribution in [1.82, 2.24) is 14.6 Å². The first-order valence-electron chi connectivity index (χ1n) is 7.92. The maximum atomic E-state index is 12.5. The third-order valence-electron chi connectivity index (χ3n) is 3.91. The Kier molecular flexibility index (Phi) is 5.42. The van der Waals surface area contributed by atoms with E-state index in [1.807, 2.05) is 0 Å². The largest absolute Gasteiger partial charge is 0.379 e. The smallest absolute Gasteiger partial charge is 0.253 e. The lowest BCUT2D eigenvalue weighted by atomic mass is 10.2. The molecule has 0 bridgehead atoms. The van der Waals surface area contributed by atoms with Crippen LogP contribution >= 0.6 is 0 Å². The first kappa shape index (κ1) is 17.5. The molecule has 25 heavy (non-hydrogen) atoms. The van der Waals surface area contributed by atoms with Gasteiger partial charge in [0.05, 0.1) is 23.7 Å². The fourth-order valence-electron chi connectivity index (χ4n) is 2.50. The Labute approximate surface area is 146 Å². The molecule has 7 nitrogen and oxygen atoms in total. The van der Waals surface area contributed by atoms with E-state index < -0.39 is 10.0 Å². The number of morpholine rings is 1. The van der Waals surface area contributed by atoms with Gasteiger partial charge >= 0.3 is 0 Å². The molecule has 0 unspecified atom stereocenters. The van der Waals surface area contributed by atoms with Crippen molar-refractivity contribution in [2.75, 3.05) is 26.3 Å². The van der Waals surface area contributed by atoms with Crippen LogP contribution < -0.4 is 5.32 Å². The fraction of sp³-hybridized carbons (Fsp3) is 0.294. The molecule has 1 amide bonds. The van der Waals surface area contributed by atoms with E-state index in [0.29, 0.717) is 38.4 Å². The Morgan fingerprint density at radius 2 is 1.88 bits per heavy atom. The molecule has 1 fully saturated rings. The number of amides is 1. The van der Waals surface area contributed by atoms with Gasteiger partial charge in [-0.25, -0.2) is 8.42 Å². The summed E-state index contributed by atoms with van der Waals surface area (Å²) in [5.74, 6) is -0.224. The lowest BCUT2D eigenvalue weighted by Gasteiger charge is -2.26. The summed E-state index contributed by atoms with van der Waals surface area (Å²) >= 11 is 0. The summed E-state index contributed by atoms with van der Waals surface area (Å²) < 4.78 is 31.7. The molecule has 1 aromatic heterocycles. The standard InChI is InChI=1S/C17H19N3O4S/c21-17(15-2-1-7-18-13-15)19-12-14-3-5-16(6-4-14)25(22,23)20-8-10-24-11-9-20/h1-7,13H,8-12H2,(H,19,21). The summed E-state index contributed by atoms with van der Waals surface area (Å²) in [7, 11) is -3.50. The molecule has 2 aromatic rings. The molecule has 3 rings (SSSR count). The summed E-state index contributed by atoms with van der Waals surface area (Å²) in [4.78, 5) is 16.1. The zero-order valence-corrected chi connectivity index (χ0v) is 14.4. The molecule has 0 atom stereocenters. The number of carbonyl (C=O) groups excluding carboxylic acids is 1. The summed E-state index contributed by atoms with van der Waals surface area (Å²) in [5.41, 5.74) is 1.30. The number of hydrogen-bond donors (Lipinski definition) is 1. The van der Waals surface area contributed by atoms with E-state index in [9.17, 15) is 13.2 Å². The van der Waals surface area contributed by atoms with Gasteiger partial charge in [0.1, 0.15) is 0 Å². The number of carbonyl (C=O) groups is 1. The second kappa shape index (κ2) is 7.73. The van der Waals surface area contributed by atoms with E-state index in [1.165, 1.54) is 10.5 Å². The van der Waals surface area contributed by atoms with Crippen LogP contribution in [0.1, 0.15) is 15.9 Å². The van der Waals surface area contributed by atoms with E-state index in [0.717, 1.165) is 5.56 Å². The molecule has 8 heteroatoms. The van der Waals surface area contributed by atoms with Gasteiger partial charge in [-0.05, 0) is 29.8 Å². The number of hydrogen-bond acceptors (Lipinski definition) is 5. The Morgan fingerprint density at radius 1 is 1.16 bits per heavy atom. The van der Waals surface area contributed by atoms with Crippen LogP contribution in [-0.4, -0.2) is 49.9 Å². The Balaban J connectivity index is 1.63. The molecular formula is C17H19N3O4S. The number of aromatic nitrogens is 1. The number of pyridine rings is 1. The van der Waals surface area contributed by atoms with E-state index in [2.05, 4.69) is 10.3 Å². The first-order valence-corrected chi connectivity index (χ1v) is 9.36. The topological polar surface area (TPSA) is 88.6 Å². The lowest BCUT2D eigenvalue weighted by Crippen LogP contribution is -2.40. The van der Waals surface area contributed by atoms with Crippen LogP contribution in [0.15, 0.2) is 53.7 Å². The number of sulfonamides is 1. The van der Waals surface area contributed by atoms with Gasteiger partial charge in [0.2, 0.25) is 10.0 Å². The molecule has 2 heterocycles. The molecule has 0 saturated carbocycles. The average molecular weight is 361 g/mol. The van der Waals surface area contributed by atoms with Gasteiger partial charge in [-0.1, -0.05) is 12.1 Å². The van der Waals surface area contributed by atoms with Crippen molar-refractivity contribution < 1.29 is 17.9 Å². The minimum absolute atomic E-state index is 0.224. The van der Waals surface area contributed by atoms with Crippen LogP contribution in [0.25, 0.3) is 0 Å². The number of ether oxygens (including phenoxy) is 1. The highest BCUT2D eigenvalue weighted by molar-refractivity contribution is 7.89. The molecule has 132 valence electrons. The Hall–Kier alpha value is -2.29. The molecule has 1 aromatic carbocycles. The van der Waals surface area contributed by atoms with Gasteiger partial charge in [0, 0.05) is 32.0 Å². The van der Waals surface area contributed by atoms with Gasteiger partial charge in [-0.3, -0.25) is 9.78 Å². The van der Waals surface area contributed by atoms with Crippen LogP contribution in [0.5, 0.6) is 0 Å². The molecule has 1 aliphatic rings. The van der Waals surface area contributed by atoms with E-state index in [1.54, 1.807) is 42.6 Å². The van der Waals surface area contributed by atoms with Crippen LogP contribution in [0.2, 0.25) is 0 Å². The maximum absolute atomic E-state index is 12.5. The summed E-state index contributed by atoms with van der Waals surface area (Å²) in [5, 5.41) is 2.78. The van der Waals surface area contributed by atoms with Crippen molar-refractivity contribution in [2.45, 2.75) is 11.4 Å². The predicted molar refractivity (Wildman–Crippen MR) is 91.4 cm³/mol. The van der Waals surface area contributed by atoms with Crippen LogP contribution in [0, 0.1) is 0 Å². The number of nitrogens with one attached hydrogen (secondary N) is 1. The van der Waals surface area contributed by atoms with Crippen molar-refractivity contribution in [2.24, 2.45) is 0 Å². The highest BCUT2D eigenvalue weighted by atomic mass is 32.2. The molecule has 1 N–H and O–H groups in total. The van der Waals surface area contributed by atoms with E-state index in [-0.39, 0.29) is 10.8 Å². The normalized spacial score (nSPS) is 15.7. The second-order valence-corrected chi connectivity index (χ2v) is 7.52. The SMILES string of the molecule is O=C(NCc1ccc(S(=O)(=O)N2CCOCC2)cc1)c1cccnc1. The van der Waals surface area contributed by atoms with Gasteiger partial charge < -0.3 is 10.1 Å². The minimum Gasteiger partial charge on any atom is -0.379 e. The second-order valence-electron chi connectivity index (χ2n) is 5.58.